The van der Waals surface area contributed by atoms with Gasteiger partial charge >= 0.3 is 5.97 Å². The first-order valence-electron chi connectivity index (χ1n) is 6.93. The molecule has 0 aliphatic carbocycles. The highest BCUT2D eigenvalue weighted by Crippen LogP contribution is 2.38. The van der Waals surface area contributed by atoms with E-state index in [0.29, 0.717) is 6.54 Å². The minimum absolute atomic E-state index is 0.120. The first-order valence-corrected chi connectivity index (χ1v) is 9.13. The average Bonchev–Trinajstić information content (AvgIpc) is 2.88. The highest BCUT2D eigenvalue weighted by atomic mass is 28.3. The molecule has 2 heterocycles. The van der Waals surface area contributed by atoms with Gasteiger partial charge in [-0.05, 0) is 23.9 Å². The molecule has 0 fully saturated rings. The summed E-state index contributed by atoms with van der Waals surface area (Å²) < 4.78 is 5.51. The third-order valence-electron chi connectivity index (χ3n) is 4.24. The Morgan fingerprint density at radius 1 is 1.55 bits per heavy atom. The maximum Gasteiger partial charge on any atom is 0.334 e. The van der Waals surface area contributed by atoms with Crippen molar-refractivity contribution in [3.05, 3.63) is 24.4 Å². The van der Waals surface area contributed by atoms with Gasteiger partial charge in [-0.15, -0.1) is 0 Å². The number of carboxylic acid groups (broad SMARTS) is 1. The normalized spacial score (nSPS) is 29.8. The smallest absolute Gasteiger partial charge is 0.334 e. The lowest BCUT2D eigenvalue weighted by Gasteiger charge is -2.33. The van der Waals surface area contributed by atoms with Crippen LogP contribution >= 0.6 is 0 Å². The molecule has 5 nitrogen and oxygen atoms in total. The van der Waals surface area contributed by atoms with Crippen LogP contribution in [0.2, 0.25) is 11.6 Å². The van der Waals surface area contributed by atoms with Gasteiger partial charge in [-0.1, -0.05) is 32.9 Å². The van der Waals surface area contributed by atoms with Crippen molar-refractivity contribution in [2.45, 2.75) is 37.9 Å². The van der Waals surface area contributed by atoms with Gasteiger partial charge in [0.1, 0.15) is 0 Å². The van der Waals surface area contributed by atoms with E-state index in [-0.39, 0.29) is 17.6 Å². The fourth-order valence-corrected chi connectivity index (χ4v) is 2.93. The molecule has 0 bridgehead atoms. The lowest BCUT2D eigenvalue weighted by molar-refractivity contribution is -0.226. The van der Waals surface area contributed by atoms with Crippen molar-refractivity contribution >= 4 is 15.0 Å². The predicted molar refractivity (Wildman–Crippen MR) is 78.6 cm³/mol. The summed E-state index contributed by atoms with van der Waals surface area (Å²) >= 11 is 0. The lowest BCUT2D eigenvalue weighted by Crippen LogP contribution is -2.51. The van der Waals surface area contributed by atoms with Crippen molar-refractivity contribution in [3.63, 3.8) is 0 Å². The summed E-state index contributed by atoms with van der Waals surface area (Å²) in [6.07, 6.45) is 7.38. The number of aliphatic carboxylic acids is 1. The molecule has 6 heteroatoms. The Morgan fingerprint density at radius 2 is 2.25 bits per heavy atom. The monoisotopic (exact) mass is 297 g/mol. The second kappa shape index (κ2) is 5.35. The number of hydrogen-bond acceptors (Lipinski definition) is 4. The lowest BCUT2D eigenvalue weighted by atomic mass is 9.87. The first kappa shape index (κ1) is 15.3. The molecule has 3 atom stereocenters. The van der Waals surface area contributed by atoms with Crippen molar-refractivity contribution in [1.82, 2.24) is 4.90 Å². The van der Waals surface area contributed by atoms with Gasteiger partial charge in [-0.25, -0.2) is 9.68 Å². The Kier molecular flexibility index (Phi) is 4.08. The van der Waals surface area contributed by atoms with E-state index in [0.717, 1.165) is 0 Å². The van der Waals surface area contributed by atoms with Crippen molar-refractivity contribution in [3.8, 4) is 0 Å². The standard InChI is InChI=1S/C14H23NO4Si/c1-13(2,3)20(4)19-18-10-11-6-9-15-8-5-7-14(11,15)12(16)17/h5-7,9,11,20H,8,10H2,1-4H3,(H,16,17). The van der Waals surface area contributed by atoms with Crippen LogP contribution in [0, 0.1) is 5.92 Å². The van der Waals surface area contributed by atoms with E-state index >= 15 is 0 Å². The van der Waals surface area contributed by atoms with Crippen LogP contribution in [0.3, 0.4) is 0 Å². The van der Waals surface area contributed by atoms with Gasteiger partial charge in [0.05, 0.1) is 6.61 Å². The summed E-state index contributed by atoms with van der Waals surface area (Å²) in [5, 5.41) is 9.68. The molecule has 2 rings (SSSR count). The molecule has 2 aliphatic heterocycles. The molecule has 0 saturated carbocycles. The maximum atomic E-state index is 11.7. The van der Waals surface area contributed by atoms with Crippen molar-refractivity contribution < 1.29 is 19.4 Å². The zero-order valence-electron chi connectivity index (χ0n) is 12.5. The highest BCUT2D eigenvalue weighted by Gasteiger charge is 2.52. The molecule has 0 aromatic carbocycles. The summed E-state index contributed by atoms with van der Waals surface area (Å²) in [4.78, 5) is 18.9. The van der Waals surface area contributed by atoms with Crippen LogP contribution in [0.5, 0.6) is 0 Å². The number of fused-ring (bicyclic) bond motifs is 1. The van der Waals surface area contributed by atoms with Gasteiger partial charge in [-0.3, -0.25) is 4.58 Å². The van der Waals surface area contributed by atoms with E-state index in [1.165, 1.54) is 0 Å². The Balaban J connectivity index is 1.95. The van der Waals surface area contributed by atoms with Crippen LogP contribution in [0.25, 0.3) is 0 Å². The van der Waals surface area contributed by atoms with Crippen LogP contribution in [0.1, 0.15) is 20.8 Å². The van der Waals surface area contributed by atoms with E-state index in [4.69, 9.17) is 9.46 Å². The Hall–Kier alpha value is -1.11. The molecule has 0 aromatic rings. The quantitative estimate of drug-likeness (QED) is 0.364. The van der Waals surface area contributed by atoms with Crippen molar-refractivity contribution in [1.29, 1.82) is 0 Å². The SMILES string of the molecule is C[SiH](OOCC1C=CN2CC=CC12C(=O)O)C(C)(C)C. The minimum atomic E-state index is -1.45. The molecule has 0 radical (unpaired) electrons. The number of rotatable bonds is 5. The Morgan fingerprint density at radius 3 is 2.85 bits per heavy atom. The second-order valence-corrected chi connectivity index (χ2v) is 9.73. The molecule has 2 aliphatic rings. The minimum Gasteiger partial charge on any atom is -0.479 e. The summed E-state index contributed by atoms with van der Waals surface area (Å²) in [5.74, 6) is -1.06. The molecule has 20 heavy (non-hydrogen) atoms. The van der Waals surface area contributed by atoms with Crippen LogP contribution in [-0.2, 0) is 14.3 Å². The molecule has 112 valence electrons. The van der Waals surface area contributed by atoms with E-state index in [2.05, 4.69) is 27.3 Å². The molecule has 0 aromatic heterocycles. The maximum absolute atomic E-state index is 11.7. The third kappa shape index (κ3) is 2.55. The van der Waals surface area contributed by atoms with Crippen molar-refractivity contribution in [2.75, 3.05) is 13.2 Å². The molecule has 3 unspecified atom stereocenters. The zero-order valence-corrected chi connectivity index (χ0v) is 13.7. The van der Waals surface area contributed by atoms with Crippen molar-refractivity contribution in [2.24, 2.45) is 5.92 Å². The van der Waals surface area contributed by atoms with Gasteiger partial charge in [0.25, 0.3) is 0 Å². The zero-order chi connectivity index (χ0) is 15.0. The number of carboxylic acids is 1. The molecule has 0 saturated heterocycles. The summed E-state index contributed by atoms with van der Waals surface area (Å²) in [7, 11) is -1.45. The third-order valence-corrected chi connectivity index (χ3v) is 7.10. The Bertz CT molecular complexity index is 443. The van der Waals surface area contributed by atoms with Gasteiger partial charge in [0.15, 0.2) is 5.54 Å². The fourth-order valence-electron chi connectivity index (χ4n) is 2.36. The topological polar surface area (TPSA) is 59.0 Å². The fraction of sp³-hybridized carbons (Fsp3) is 0.643. The molecular formula is C14H23NO4Si. The first-order chi connectivity index (χ1) is 9.28. The number of carbonyl (C=O) groups is 1. The molecule has 1 N–H and O–H groups in total. The largest absolute Gasteiger partial charge is 0.479 e. The number of hydrogen-bond donors (Lipinski definition) is 1. The molecular weight excluding hydrogens is 274 g/mol. The van der Waals surface area contributed by atoms with Crippen LogP contribution < -0.4 is 0 Å². The molecule has 0 spiro atoms. The Labute approximate surface area is 121 Å². The van der Waals surface area contributed by atoms with Gasteiger partial charge in [0.2, 0.25) is 9.04 Å². The highest BCUT2D eigenvalue weighted by molar-refractivity contribution is 6.53. The second-order valence-electron chi connectivity index (χ2n) is 6.52. The summed E-state index contributed by atoms with van der Waals surface area (Å²) in [6, 6.07) is 0. The van der Waals surface area contributed by atoms with E-state index in [1.54, 1.807) is 6.08 Å². The van der Waals surface area contributed by atoms with Crippen LogP contribution in [0.15, 0.2) is 24.4 Å². The van der Waals surface area contributed by atoms with Crippen LogP contribution in [0.4, 0.5) is 0 Å². The average molecular weight is 297 g/mol. The summed E-state index contributed by atoms with van der Waals surface area (Å²) in [5.41, 5.74) is -0.990. The van der Waals surface area contributed by atoms with Gasteiger partial charge in [-0.2, -0.15) is 0 Å². The number of nitrogens with zero attached hydrogens (tertiary/aromatic N) is 1. The van der Waals surface area contributed by atoms with E-state index in [1.807, 2.05) is 23.3 Å². The van der Waals surface area contributed by atoms with Gasteiger partial charge in [0, 0.05) is 12.5 Å². The molecule has 0 amide bonds. The van der Waals surface area contributed by atoms with Crippen LogP contribution in [-0.4, -0.2) is 43.7 Å². The summed E-state index contributed by atoms with van der Waals surface area (Å²) in [6.45, 7) is 9.36. The van der Waals surface area contributed by atoms with E-state index in [9.17, 15) is 9.90 Å². The predicted octanol–water partition coefficient (Wildman–Crippen LogP) is 1.93. The van der Waals surface area contributed by atoms with Gasteiger partial charge < -0.3 is 10.0 Å². The van der Waals surface area contributed by atoms with E-state index < -0.39 is 20.5 Å².